The van der Waals surface area contributed by atoms with Gasteiger partial charge in [-0.1, -0.05) is 18.2 Å². The number of primary amides is 1. The number of carbonyl (C=O) groups is 1. The van der Waals surface area contributed by atoms with Crippen molar-refractivity contribution in [3.8, 4) is 0 Å². The molecule has 0 aliphatic carbocycles. The fraction of sp³-hybridized carbons (Fsp3) is 0.357. The number of aromatic nitrogens is 3. The average Bonchev–Trinajstić information content (AvgIpc) is 3.21. The van der Waals surface area contributed by atoms with Gasteiger partial charge in [0.25, 0.3) is 5.91 Å². The highest BCUT2D eigenvalue weighted by Gasteiger charge is 2.45. The summed E-state index contributed by atoms with van der Waals surface area (Å²) >= 11 is 0. The zero-order valence-corrected chi connectivity index (χ0v) is 14.2. The molecule has 1 aliphatic heterocycles. The molecule has 1 saturated heterocycles. The van der Waals surface area contributed by atoms with E-state index in [2.05, 4.69) is 10.1 Å². The maximum Gasteiger partial charge on any atom is 0.358 e. The number of amides is 1. The molecule has 0 saturated carbocycles. The average molecular weight is 384 g/mol. The van der Waals surface area contributed by atoms with Crippen molar-refractivity contribution in [3.05, 3.63) is 42.5 Å². The zero-order valence-electron chi connectivity index (χ0n) is 13.3. The molecule has 11 nitrogen and oxygen atoms in total. The Balaban J connectivity index is 1.68. The molecule has 2 heterocycles. The molecule has 1 amide bonds. The molecule has 5 atom stereocenters. The van der Waals surface area contributed by atoms with Crippen molar-refractivity contribution in [2.75, 3.05) is 6.61 Å². The lowest BCUT2D eigenvalue weighted by Crippen LogP contribution is -2.34. The van der Waals surface area contributed by atoms with Crippen molar-refractivity contribution in [1.29, 1.82) is 0 Å². The Bertz CT molecular complexity index is 830. The Labute approximate surface area is 147 Å². The molecule has 2 unspecified atom stereocenters. The van der Waals surface area contributed by atoms with E-state index >= 15 is 0 Å². The van der Waals surface area contributed by atoms with Gasteiger partial charge in [0.1, 0.15) is 24.6 Å². The number of aliphatic hydroxyl groups excluding tert-OH is 2. The van der Waals surface area contributed by atoms with Crippen molar-refractivity contribution in [3.63, 3.8) is 0 Å². The van der Waals surface area contributed by atoms with E-state index < -0.39 is 44.6 Å². The van der Waals surface area contributed by atoms with Crippen LogP contribution in [0.25, 0.3) is 0 Å². The minimum absolute atomic E-state index is 0.0898. The van der Waals surface area contributed by atoms with Crippen LogP contribution in [0, 0.1) is 0 Å². The van der Waals surface area contributed by atoms with Gasteiger partial charge in [-0.25, -0.2) is 9.67 Å². The summed E-state index contributed by atoms with van der Waals surface area (Å²) in [6.45, 7) is -0.450. The summed E-state index contributed by atoms with van der Waals surface area (Å²) in [6, 6.07) is 7.73. The molecule has 0 radical (unpaired) electrons. The van der Waals surface area contributed by atoms with E-state index in [-0.39, 0.29) is 11.1 Å². The minimum Gasteiger partial charge on any atom is -0.387 e. The smallest absolute Gasteiger partial charge is 0.358 e. The van der Waals surface area contributed by atoms with E-state index in [1.54, 1.807) is 18.2 Å². The fourth-order valence-electron chi connectivity index (χ4n) is 2.46. The molecule has 26 heavy (non-hydrogen) atoms. The first-order valence-electron chi connectivity index (χ1n) is 7.55. The van der Waals surface area contributed by atoms with Crippen molar-refractivity contribution in [2.45, 2.75) is 24.5 Å². The monoisotopic (exact) mass is 384 g/mol. The summed E-state index contributed by atoms with van der Waals surface area (Å²) in [4.78, 5) is 24.7. The van der Waals surface area contributed by atoms with Crippen LogP contribution in [0.1, 0.15) is 16.8 Å². The summed E-state index contributed by atoms with van der Waals surface area (Å²) in [5, 5.41) is 24.0. The summed E-state index contributed by atoms with van der Waals surface area (Å²) < 4.78 is 23.8. The molecule has 12 heteroatoms. The highest BCUT2D eigenvalue weighted by molar-refractivity contribution is 7.61. The van der Waals surface area contributed by atoms with Crippen LogP contribution in [0.2, 0.25) is 0 Å². The van der Waals surface area contributed by atoms with Crippen LogP contribution in [0.4, 0.5) is 0 Å². The summed E-state index contributed by atoms with van der Waals surface area (Å²) in [6.07, 6.45) is -3.96. The van der Waals surface area contributed by atoms with E-state index in [9.17, 15) is 24.5 Å². The molecule has 140 valence electrons. The third-order valence-corrected chi connectivity index (χ3v) is 5.27. The Morgan fingerprint density at radius 1 is 1.31 bits per heavy atom. The lowest BCUT2D eigenvalue weighted by atomic mass is 10.1. The van der Waals surface area contributed by atoms with Gasteiger partial charge in [-0.3, -0.25) is 9.36 Å². The van der Waals surface area contributed by atoms with E-state index in [1.165, 1.54) is 12.1 Å². The lowest BCUT2D eigenvalue weighted by Gasteiger charge is -2.17. The summed E-state index contributed by atoms with van der Waals surface area (Å²) in [5.41, 5.74) is 5.06. The van der Waals surface area contributed by atoms with Gasteiger partial charge in [0, 0.05) is 0 Å². The van der Waals surface area contributed by atoms with Gasteiger partial charge in [0.15, 0.2) is 6.23 Å². The number of aliphatic hydroxyl groups is 2. The summed E-state index contributed by atoms with van der Waals surface area (Å²) in [7, 11) is -4.11. The maximum absolute atomic E-state index is 12.2. The largest absolute Gasteiger partial charge is 0.387 e. The Morgan fingerprint density at radius 2 is 2.00 bits per heavy atom. The molecule has 3 rings (SSSR count). The molecule has 5 N–H and O–H groups in total. The number of nitrogens with two attached hydrogens (primary N) is 1. The van der Waals surface area contributed by atoms with Gasteiger partial charge in [-0.05, 0) is 12.1 Å². The molecule has 1 aliphatic rings. The van der Waals surface area contributed by atoms with E-state index in [0.717, 1.165) is 11.0 Å². The van der Waals surface area contributed by atoms with Crippen LogP contribution < -0.4 is 11.0 Å². The third kappa shape index (κ3) is 3.68. The predicted molar refractivity (Wildman–Crippen MR) is 86.3 cm³/mol. The van der Waals surface area contributed by atoms with Crippen LogP contribution >= 0.6 is 7.60 Å². The molecular weight excluding hydrogens is 367 g/mol. The van der Waals surface area contributed by atoms with Crippen molar-refractivity contribution in [1.82, 2.24) is 14.8 Å². The van der Waals surface area contributed by atoms with Crippen molar-refractivity contribution >= 4 is 18.8 Å². The molecule has 2 aromatic rings. The van der Waals surface area contributed by atoms with E-state index in [1.807, 2.05) is 0 Å². The Morgan fingerprint density at radius 3 is 2.62 bits per heavy atom. The SMILES string of the molecule is NC(=O)c1ncn([C@@H]2O[C@H](COP(=O)(O)c3ccccc3)[C@H](O)C2O)n1. The quantitative estimate of drug-likeness (QED) is 0.434. The van der Waals surface area contributed by atoms with Crippen LogP contribution in [0.5, 0.6) is 0 Å². The van der Waals surface area contributed by atoms with Crippen molar-refractivity contribution < 1.29 is 33.7 Å². The maximum atomic E-state index is 12.2. The molecular formula is C14H17N4O7P. The van der Waals surface area contributed by atoms with E-state index in [0.29, 0.717) is 0 Å². The molecule has 1 aromatic carbocycles. The second kappa shape index (κ2) is 7.23. The van der Waals surface area contributed by atoms with Gasteiger partial charge in [0.05, 0.1) is 11.9 Å². The number of benzene rings is 1. The first kappa shape index (κ1) is 18.6. The molecule has 0 spiro atoms. The predicted octanol–water partition coefficient (Wildman–Crippen LogP) is -1.48. The van der Waals surface area contributed by atoms with Crippen molar-refractivity contribution in [2.24, 2.45) is 5.73 Å². The standard InChI is InChI=1S/C14H17N4O7P/c15-12(21)13-16-7-18(17-13)14-11(20)10(19)9(25-14)6-24-26(22,23)8-4-2-1-3-5-8/h1-5,7,9-11,14,19-20H,6H2,(H2,15,21)(H,22,23)/t9-,10+,11?,14-/m1/s1. The van der Waals surface area contributed by atoms with E-state index in [4.69, 9.17) is 15.0 Å². The normalized spacial score (nSPS) is 28.0. The van der Waals surface area contributed by atoms with Crippen LogP contribution in [-0.2, 0) is 13.8 Å². The fourth-order valence-corrected chi connectivity index (χ4v) is 3.51. The highest BCUT2D eigenvalue weighted by atomic mass is 31.2. The molecule has 1 aromatic heterocycles. The van der Waals surface area contributed by atoms with Crippen LogP contribution in [0.3, 0.4) is 0 Å². The number of nitrogens with zero attached hydrogens (tertiary/aromatic N) is 3. The lowest BCUT2D eigenvalue weighted by molar-refractivity contribution is -0.0562. The second-order valence-electron chi connectivity index (χ2n) is 5.61. The van der Waals surface area contributed by atoms with Gasteiger partial charge >= 0.3 is 7.60 Å². The van der Waals surface area contributed by atoms with Gasteiger partial charge in [0.2, 0.25) is 5.82 Å². The Kier molecular flexibility index (Phi) is 5.19. The topological polar surface area (TPSA) is 170 Å². The minimum atomic E-state index is -4.11. The first-order valence-corrected chi connectivity index (χ1v) is 9.13. The van der Waals surface area contributed by atoms with Gasteiger partial charge in [-0.15, -0.1) is 5.10 Å². The number of carbonyl (C=O) groups excluding carboxylic acids is 1. The highest BCUT2D eigenvalue weighted by Crippen LogP contribution is 2.42. The van der Waals surface area contributed by atoms with Gasteiger partial charge in [-0.2, -0.15) is 0 Å². The number of hydrogen-bond acceptors (Lipinski definition) is 8. The zero-order chi connectivity index (χ0) is 18.9. The van der Waals surface area contributed by atoms with Crippen LogP contribution in [0.15, 0.2) is 36.7 Å². The van der Waals surface area contributed by atoms with Crippen LogP contribution in [-0.4, -0.2) is 60.7 Å². The Hall–Kier alpha value is -2.14. The molecule has 1 fully saturated rings. The number of rotatable bonds is 6. The second-order valence-corrected chi connectivity index (χ2v) is 7.43. The number of ether oxygens (including phenoxy) is 1. The third-order valence-electron chi connectivity index (χ3n) is 3.82. The molecule has 0 bridgehead atoms. The number of hydrogen-bond donors (Lipinski definition) is 4. The van der Waals surface area contributed by atoms with Gasteiger partial charge < -0.3 is 30.1 Å². The summed E-state index contributed by atoms with van der Waals surface area (Å²) in [5.74, 6) is -1.14. The first-order chi connectivity index (χ1) is 12.3.